The standard InChI is InChI=1S/C20H24N4O2/c1-13-5-4-6-14(18(13)25)11-24-10-8-16-15(12-24)20(26)23-19(22-16)17-7-2-3-9-21-17/h4-6,25H,2-3,7-12H2,1H3,(H,22,23,26). The lowest BCUT2D eigenvalue weighted by molar-refractivity contribution is 0.238. The van der Waals surface area contributed by atoms with Gasteiger partial charge in [-0.1, -0.05) is 18.2 Å². The number of aromatic amines is 1. The molecule has 0 bridgehead atoms. The Morgan fingerprint density at radius 1 is 1.27 bits per heavy atom. The molecule has 0 aliphatic carbocycles. The van der Waals surface area contributed by atoms with Crippen LogP contribution in [0.25, 0.3) is 0 Å². The molecule has 0 atom stereocenters. The Morgan fingerprint density at radius 3 is 2.96 bits per heavy atom. The van der Waals surface area contributed by atoms with Crippen molar-refractivity contribution in [1.29, 1.82) is 0 Å². The summed E-state index contributed by atoms with van der Waals surface area (Å²) in [5.41, 5.74) is 4.27. The molecular formula is C20H24N4O2. The van der Waals surface area contributed by atoms with E-state index in [1.54, 1.807) is 0 Å². The molecule has 6 nitrogen and oxygen atoms in total. The van der Waals surface area contributed by atoms with E-state index in [1.807, 2.05) is 25.1 Å². The van der Waals surface area contributed by atoms with E-state index < -0.39 is 0 Å². The molecule has 6 heteroatoms. The number of H-pyrrole nitrogens is 1. The average Bonchev–Trinajstić information content (AvgIpc) is 2.66. The Kier molecular flexibility index (Phi) is 4.59. The van der Waals surface area contributed by atoms with Gasteiger partial charge in [-0.2, -0.15) is 0 Å². The highest BCUT2D eigenvalue weighted by Crippen LogP contribution is 2.25. The summed E-state index contributed by atoms with van der Waals surface area (Å²) in [6.45, 7) is 4.72. The minimum atomic E-state index is -0.0589. The lowest BCUT2D eigenvalue weighted by Crippen LogP contribution is -2.36. The molecule has 0 amide bonds. The van der Waals surface area contributed by atoms with Crippen molar-refractivity contribution in [2.75, 3.05) is 13.1 Å². The van der Waals surface area contributed by atoms with Crippen molar-refractivity contribution in [3.05, 3.63) is 56.8 Å². The minimum absolute atomic E-state index is 0.0589. The third-order valence-electron chi connectivity index (χ3n) is 5.26. The van der Waals surface area contributed by atoms with Crippen LogP contribution < -0.4 is 5.56 Å². The van der Waals surface area contributed by atoms with E-state index in [4.69, 9.17) is 4.98 Å². The van der Waals surface area contributed by atoms with Crippen molar-refractivity contribution in [2.45, 2.75) is 45.7 Å². The molecule has 2 aromatic rings. The summed E-state index contributed by atoms with van der Waals surface area (Å²) in [4.78, 5) is 27.0. The predicted octanol–water partition coefficient (Wildman–Crippen LogP) is 2.32. The van der Waals surface area contributed by atoms with Crippen molar-refractivity contribution < 1.29 is 5.11 Å². The fraction of sp³-hybridized carbons (Fsp3) is 0.450. The smallest absolute Gasteiger partial charge is 0.255 e. The van der Waals surface area contributed by atoms with E-state index in [9.17, 15) is 9.90 Å². The first-order chi connectivity index (χ1) is 12.6. The predicted molar refractivity (Wildman–Crippen MR) is 101 cm³/mol. The fourth-order valence-corrected chi connectivity index (χ4v) is 3.73. The third kappa shape index (κ3) is 3.29. The largest absolute Gasteiger partial charge is 0.507 e. The summed E-state index contributed by atoms with van der Waals surface area (Å²) in [5, 5.41) is 10.2. The first kappa shape index (κ1) is 17.0. The number of nitrogens with one attached hydrogen (secondary N) is 1. The maximum Gasteiger partial charge on any atom is 0.255 e. The molecule has 2 N–H and O–H groups in total. The monoisotopic (exact) mass is 352 g/mol. The molecular weight excluding hydrogens is 328 g/mol. The van der Waals surface area contributed by atoms with Crippen LogP contribution in [-0.4, -0.2) is 38.8 Å². The van der Waals surface area contributed by atoms with Gasteiger partial charge in [-0.05, 0) is 31.7 Å². The number of hydrogen-bond donors (Lipinski definition) is 2. The molecule has 0 fully saturated rings. The van der Waals surface area contributed by atoms with E-state index >= 15 is 0 Å². The van der Waals surface area contributed by atoms with Crippen molar-refractivity contribution in [2.24, 2.45) is 4.99 Å². The quantitative estimate of drug-likeness (QED) is 0.888. The zero-order valence-corrected chi connectivity index (χ0v) is 15.1. The van der Waals surface area contributed by atoms with Crippen LogP contribution in [0.5, 0.6) is 5.75 Å². The van der Waals surface area contributed by atoms with E-state index in [-0.39, 0.29) is 5.56 Å². The number of rotatable bonds is 3. The lowest BCUT2D eigenvalue weighted by Gasteiger charge is -2.28. The molecule has 26 heavy (non-hydrogen) atoms. The third-order valence-corrected chi connectivity index (χ3v) is 5.26. The molecule has 136 valence electrons. The zero-order chi connectivity index (χ0) is 18.1. The number of fused-ring (bicyclic) bond motifs is 1. The van der Waals surface area contributed by atoms with Crippen LogP contribution >= 0.6 is 0 Å². The first-order valence-corrected chi connectivity index (χ1v) is 9.27. The van der Waals surface area contributed by atoms with Gasteiger partial charge in [-0.3, -0.25) is 14.7 Å². The van der Waals surface area contributed by atoms with Gasteiger partial charge in [-0.25, -0.2) is 4.98 Å². The van der Waals surface area contributed by atoms with Gasteiger partial charge >= 0.3 is 0 Å². The van der Waals surface area contributed by atoms with Gasteiger partial charge in [0.15, 0.2) is 5.82 Å². The number of aryl methyl sites for hydroxylation is 1. The lowest BCUT2D eigenvalue weighted by atomic mass is 10.0. The minimum Gasteiger partial charge on any atom is -0.507 e. The summed E-state index contributed by atoms with van der Waals surface area (Å²) in [5.74, 6) is 0.995. The van der Waals surface area contributed by atoms with Gasteiger partial charge in [0, 0.05) is 38.2 Å². The van der Waals surface area contributed by atoms with Gasteiger partial charge in [0.2, 0.25) is 0 Å². The number of aliphatic imine (C=N–C) groups is 1. The van der Waals surface area contributed by atoms with Crippen molar-refractivity contribution in [1.82, 2.24) is 14.9 Å². The number of benzene rings is 1. The van der Waals surface area contributed by atoms with Crippen LogP contribution in [0.2, 0.25) is 0 Å². The Hall–Kier alpha value is -2.47. The second-order valence-corrected chi connectivity index (χ2v) is 7.17. The molecule has 4 rings (SSSR count). The van der Waals surface area contributed by atoms with Crippen molar-refractivity contribution >= 4 is 5.71 Å². The van der Waals surface area contributed by atoms with Gasteiger partial charge in [0.1, 0.15) is 5.75 Å². The number of aromatic hydroxyl groups is 1. The van der Waals surface area contributed by atoms with Crippen molar-refractivity contribution in [3.8, 4) is 5.75 Å². The van der Waals surface area contributed by atoms with Crippen LogP contribution in [-0.2, 0) is 19.5 Å². The normalized spacial score (nSPS) is 17.7. The highest BCUT2D eigenvalue weighted by molar-refractivity contribution is 5.97. The molecule has 2 aliphatic heterocycles. The van der Waals surface area contributed by atoms with Crippen molar-refractivity contribution in [3.63, 3.8) is 0 Å². The van der Waals surface area contributed by atoms with E-state index in [1.165, 1.54) is 0 Å². The number of phenols is 1. The topological polar surface area (TPSA) is 81.6 Å². The van der Waals surface area contributed by atoms with Crippen LogP contribution in [0.1, 0.15) is 47.5 Å². The molecule has 0 saturated heterocycles. The molecule has 0 saturated carbocycles. The van der Waals surface area contributed by atoms with E-state index in [0.717, 1.165) is 66.9 Å². The second-order valence-electron chi connectivity index (χ2n) is 7.17. The van der Waals surface area contributed by atoms with Crippen LogP contribution in [0, 0.1) is 6.92 Å². The number of para-hydroxylation sites is 1. The Balaban J connectivity index is 1.56. The number of nitrogens with zero attached hydrogens (tertiary/aromatic N) is 3. The number of phenolic OH excluding ortho intramolecular Hbond substituents is 1. The van der Waals surface area contributed by atoms with E-state index in [2.05, 4.69) is 14.9 Å². The van der Waals surface area contributed by atoms with Gasteiger partial charge < -0.3 is 10.1 Å². The number of hydrogen-bond acceptors (Lipinski definition) is 5. The highest BCUT2D eigenvalue weighted by Gasteiger charge is 2.23. The average molecular weight is 352 g/mol. The maximum absolute atomic E-state index is 12.6. The molecule has 1 aromatic heterocycles. The van der Waals surface area contributed by atoms with Crippen LogP contribution in [0.15, 0.2) is 28.0 Å². The Bertz CT molecular complexity index is 917. The fourth-order valence-electron chi connectivity index (χ4n) is 3.73. The zero-order valence-electron chi connectivity index (χ0n) is 15.1. The summed E-state index contributed by atoms with van der Waals surface area (Å²) in [7, 11) is 0. The van der Waals surface area contributed by atoms with E-state index in [0.29, 0.717) is 24.7 Å². The van der Waals surface area contributed by atoms with Gasteiger partial charge in [0.25, 0.3) is 5.56 Å². The molecule has 0 unspecified atom stereocenters. The Morgan fingerprint density at radius 2 is 2.15 bits per heavy atom. The second kappa shape index (κ2) is 7.03. The molecule has 0 radical (unpaired) electrons. The van der Waals surface area contributed by atoms with Gasteiger partial charge in [0.05, 0.1) is 17.0 Å². The molecule has 0 spiro atoms. The maximum atomic E-state index is 12.6. The SMILES string of the molecule is Cc1cccc(CN2CCc3nc(C4=NCCCC4)[nH]c(=O)c3C2)c1O. The summed E-state index contributed by atoms with van der Waals surface area (Å²) >= 11 is 0. The molecule has 2 aliphatic rings. The highest BCUT2D eigenvalue weighted by atomic mass is 16.3. The Labute approximate surface area is 152 Å². The molecule has 3 heterocycles. The summed E-state index contributed by atoms with van der Waals surface area (Å²) in [6, 6.07) is 5.78. The van der Waals surface area contributed by atoms with Gasteiger partial charge in [-0.15, -0.1) is 0 Å². The summed E-state index contributed by atoms with van der Waals surface area (Å²) < 4.78 is 0. The summed E-state index contributed by atoms with van der Waals surface area (Å²) in [6.07, 6.45) is 3.85. The van der Waals surface area contributed by atoms with Crippen LogP contribution in [0.4, 0.5) is 0 Å². The van der Waals surface area contributed by atoms with Crippen LogP contribution in [0.3, 0.4) is 0 Å². The molecule has 1 aromatic carbocycles. The first-order valence-electron chi connectivity index (χ1n) is 9.27. The number of aromatic nitrogens is 2.